The maximum Gasteiger partial charge on any atom is 0.266 e. The van der Waals surface area contributed by atoms with Gasteiger partial charge in [0.2, 0.25) is 15.9 Å². The molecule has 0 saturated carbocycles. The number of carbonyl (C=O) groups excluding carboxylic acids is 2. The molecule has 0 atom stereocenters. The predicted octanol–water partition coefficient (Wildman–Crippen LogP) is 4.39. The molecule has 2 amide bonds. The van der Waals surface area contributed by atoms with E-state index in [1.807, 2.05) is 12.1 Å². The van der Waals surface area contributed by atoms with E-state index < -0.39 is 10.0 Å². The van der Waals surface area contributed by atoms with Crippen molar-refractivity contribution in [3.63, 3.8) is 0 Å². The molecule has 2 aromatic rings. The van der Waals surface area contributed by atoms with Gasteiger partial charge in [0.25, 0.3) is 5.91 Å². The molecule has 7 nitrogen and oxygen atoms in total. The summed E-state index contributed by atoms with van der Waals surface area (Å²) in [6.45, 7) is 0.499. The number of primary sulfonamides is 1. The van der Waals surface area contributed by atoms with Gasteiger partial charge in [-0.25, -0.2) is 13.6 Å². The molecule has 0 radical (unpaired) electrons. The molecule has 1 fully saturated rings. The van der Waals surface area contributed by atoms with Crippen LogP contribution in [0.2, 0.25) is 5.02 Å². The van der Waals surface area contributed by atoms with Crippen LogP contribution in [0.25, 0.3) is 6.08 Å². The van der Waals surface area contributed by atoms with E-state index in [9.17, 15) is 18.0 Å². The molecule has 0 spiro atoms. The quantitative estimate of drug-likeness (QED) is 0.286. The van der Waals surface area contributed by atoms with E-state index in [-0.39, 0.29) is 16.7 Å². The van der Waals surface area contributed by atoms with E-state index in [0.717, 1.165) is 18.4 Å². The number of hydrogen-bond donors (Lipinski definition) is 2. The van der Waals surface area contributed by atoms with Crippen LogP contribution in [0.15, 0.2) is 58.3 Å². The Morgan fingerprint density at radius 3 is 2.39 bits per heavy atom. The minimum atomic E-state index is -3.76. The minimum absolute atomic E-state index is 0.0146. The zero-order valence-corrected chi connectivity index (χ0v) is 20.7. The Hall–Kier alpha value is -2.24. The molecule has 1 saturated heterocycles. The SMILES string of the molecule is NS(=O)(=O)c1ccc(NC(=O)CCCCCN2C(=O)/C(=C/c3ccc(Cl)cc3)SC2=S)cc1. The topological polar surface area (TPSA) is 110 Å². The summed E-state index contributed by atoms with van der Waals surface area (Å²) in [5, 5.41) is 8.41. The highest BCUT2D eigenvalue weighted by Gasteiger charge is 2.31. The minimum Gasteiger partial charge on any atom is -0.326 e. The van der Waals surface area contributed by atoms with Gasteiger partial charge in [0.05, 0.1) is 9.80 Å². The van der Waals surface area contributed by atoms with Gasteiger partial charge in [0.15, 0.2) is 0 Å². The number of rotatable bonds is 9. The Morgan fingerprint density at radius 1 is 1.09 bits per heavy atom. The highest BCUT2D eigenvalue weighted by molar-refractivity contribution is 8.26. The van der Waals surface area contributed by atoms with E-state index in [4.69, 9.17) is 29.0 Å². The van der Waals surface area contributed by atoms with Gasteiger partial charge in [-0.2, -0.15) is 0 Å². The normalized spacial score (nSPS) is 15.3. The summed E-state index contributed by atoms with van der Waals surface area (Å²) in [5.74, 6) is -0.282. The number of unbranched alkanes of at least 4 members (excludes halogenated alkanes) is 2. The van der Waals surface area contributed by atoms with Gasteiger partial charge in [0.1, 0.15) is 4.32 Å². The summed E-state index contributed by atoms with van der Waals surface area (Å²) >= 11 is 12.5. The maximum atomic E-state index is 12.7. The maximum absolute atomic E-state index is 12.7. The van der Waals surface area contributed by atoms with Crippen molar-refractivity contribution >= 4 is 73.5 Å². The Balaban J connectivity index is 1.40. The first-order valence-electron chi connectivity index (χ1n) is 10.1. The number of nitrogens with zero attached hydrogens (tertiary/aromatic N) is 1. The number of nitrogens with two attached hydrogens (primary N) is 1. The molecule has 0 bridgehead atoms. The number of halogens is 1. The summed E-state index contributed by atoms with van der Waals surface area (Å²) in [7, 11) is -3.76. The van der Waals surface area contributed by atoms with Crippen LogP contribution in [0.5, 0.6) is 0 Å². The van der Waals surface area contributed by atoms with Crippen LogP contribution in [-0.4, -0.2) is 36.0 Å². The second-order valence-corrected chi connectivity index (χ2v) is 11.0. The molecular formula is C22H22ClN3O4S3. The van der Waals surface area contributed by atoms with E-state index in [0.29, 0.717) is 39.3 Å². The fraction of sp³-hybridized carbons (Fsp3) is 0.227. The molecule has 0 aliphatic carbocycles. The van der Waals surface area contributed by atoms with Gasteiger partial charge >= 0.3 is 0 Å². The molecule has 3 N–H and O–H groups in total. The molecule has 1 heterocycles. The lowest BCUT2D eigenvalue weighted by Crippen LogP contribution is -2.29. The third-order valence-corrected chi connectivity index (χ3v) is 7.35. The molecule has 33 heavy (non-hydrogen) atoms. The molecule has 174 valence electrons. The highest BCUT2D eigenvalue weighted by Crippen LogP contribution is 2.33. The molecule has 1 aliphatic rings. The van der Waals surface area contributed by atoms with Gasteiger partial charge in [-0.1, -0.05) is 54.1 Å². The van der Waals surface area contributed by atoms with Gasteiger partial charge in [-0.05, 0) is 60.9 Å². The second-order valence-electron chi connectivity index (χ2n) is 7.31. The van der Waals surface area contributed by atoms with Crippen molar-refractivity contribution < 1.29 is 18.0 Å². The first-order valence-corrected chi connectivity index (χ1v) is 13.2. The van der Waals surface area contributed by atoms with E-state index in [1.54, 1.807) is 23.1 Å². The van der Waals surface area contributed by atoms with E-state index in [2.05, 4.69) is 5.32 Å². The number of nitrogens with one attached hydrogen (secondary N) is 1. The van der Waals surface area contributed by atoms with Crippen LogP contribution >= 0.6 is 35.6 Å². The lowest BCUT2D eigenvalue weighted by Gasteiger charge is -2.14. The van der Waals surface area contributed by atoms with E-state index in [1.165, 1.54) is 36.0 Å². The zero-order valence-electron chi connectivity index (χ0n) is 17.5. The first-order chi connectivity index (χ1) is 15.6. The Morgan fingerprint density at radius 2 is 1.76 bits per heavy atom. The summed E-state index contributed by atoms with van der Waals surface area (Å²) < 4.78 is 23.1. The fourth-order valence-corrected chi connectivity index (χ4v) is 5.04. The van der Waals surface area contributed by atoms with Crippen LogP contribution < -0.4 is 10.5 Å². The molecule has 11 heteroatoms. The number of benzene rings is 2. The van der Waals surface area contributed by atoms with Crippen molar-refractivity contribution in [3.8, 4) is 0 Å². The second kappa shape index (κ2) is 11.3. The van der Waals surface area contributed by atoms with Gasteiger partial charge in [0, 0.05) is 23.7 Å². The summed E-state index contributed by atoms with van der Waals surface area (Å²) in [4.78, 5) is 26.9. The van der Waals surface area contributed by atoms with Gasteiger partial charge in [-0.3, -0.25) is 14.5 Å². The number of thiocarbonyl (C=S) groups is 1. The number of amides is 2. The average Bonchev–Trinajstić information content (AvgIpc) is 3.02. The molecule has 3 rings (SSSR count). The Bertz CT molecular complexity index is 1180. The molecular weight excluding hydrogens is 502 g/mol. The molecule has 1 aliphatic heterocycles. The van der Waals surface area contributed by atoms with Crippen LogP contribution in [0.1, 0.15) is 31.2 Å². The van der Waals surface area contributed by atoms with Crippen molar-refractivity contribution in [3.05, 3.63) is 64.0 Å². The van der Waals surface area contributed by atoms with Crippen molar-refractivity contribution in [2.24, 2.45) is 5.14 Å². The van der Waals surface area contributed by atoms with Gasteiger partial charge in [-0.15, -0.1) is 0 Å². The van der Waals surface area contributed by atoms with Crippen molar-refractivity contribution in [1.82, 2.24) is 4.90 Å². The predicted molar refractivity (Wildman–Crippen MR) is 136 cm³/mol. The lowest BCUT2D eigenvalue weighted by molar-refractivity contribution is -0.122. The molecule has 0 aromatic heterocycles. The fourth-order valence-electron chi connectivity index (χ4n) is 3.09. The number of thioether (sulfide) groups is 1. The number of sulfonamides is 1. The third-order valence-electron chi connectivity index (χ3n) is 4.79. The number of carbonyl (C=O) groups is 2. The first kappa shape index (κ1) is 25.4. The summed E-state index contributed by atoms with van der Waals surface area (Å²) in [6.07, 6.45) is 4.24. The Kier molecular flexibility index (Phi) is 8.66. The lowest BCUT2D eigenvalue weighted by atomic mass is 10.1. The number of hydrogen-bond acceptors (Lipinski definition) is 6. The highest BCUT2D eigenvalue weighted by atomic mass is 35.5. The summed E-state index contributed by atoms with van der Waals surface area (Å²) in [5.41, 5.74) is 1.38. The zero-order chi connectivity index (χ0) is 24.0. The average molecular weight is 524 g/mol. The third kappa shape index (κ3) is 7.38. The summed E-state index contributed by atoms with van der Waals surface area (Å²) in [6, 6.07) is 12.9. The molecule has 0 unspecified atom stereocenters. The number of anilines is 1. The van der Waals surface area contributed by atoms with E-state index >= 15 is 0 Å². The van der Waals surface area contributed by atoms with Crippen molar-refractivity contribution in [2.75, 3.05) is 11.9 Å². The van der Waals surface area contributed by atoms with Crippen molar-refractivity contribution in [1.29, 1.82) is 0 Å². The standard InChI is InChI=1S/C22H22ClN3O4S3/c23-16-7-5-15(6-8-16)14-19-21(28)26(22(31)32-19)13-3-1-2-4-20(27)25-17-9-11-18(12-10-17)33(24,29)30/h5-12,14H,1-4,13H2,(H,25,27)(H2,24,29,30)/b19-14-. The van der Waals surface area contributed by atoms with Crippen LogP contribution in [0.4, 0.5) is 5.69 Å². The monoisotopic (exact) mass is 523 g/mol. The van der Waals surface area contributed by atoms with Crippen molar-refractivity contribution in [2.45, 2.75) is 30.6 Å². The van der Waals surface area contributed by atoms with Crippen LogP contribution in [-0.2, 0) is 19.6 Å². The Labute approximate surface area is 207 Å². The van der Waals surface area contributed by atoms with Crippen LogP contribution in [0, 0.1) is 0 Å². The smallest absolute Gasteiger partial charge is 0.266 e. The van der Waals surface area contributed by atoms with Crippen LogP contribution in [0.3, 0.4) is 0 Å². The largest absolute Gasteiger partial charge is 0.326 e. The van der Waals surface area contributed by atoms with Gasteiger partial charge < -0.3 is 5.32 Å². The molecule has 2 aromatic carbocycles.